The van der Waals surface area contributed by atoms with Gasteiger partial charge in [-0.05, 0) is 18.2 Å². The predicted octanol–water partition coefficient (Wildman–Crippen LogP) is 4.76. The van der Waals surface area contributed by atoms with E-state index < -0.39 is 17.5 Å². The molecule has 1 amide bonds. The van der Waals surface area contributed by atoms with Crippen LogP contribution >= 0.6 is 34.8 Å². The Kier molecular flexibility index (Phi) is 4.56. The Morgan fingerprint density at radius 2 is 1.71 bits per heavy atom. The average Bonchev–Trinajstić information content (AvgIpc) is 2.37. The number of nitrogens with two attached hydrogens (primary N) is 1. The molecule has 0 aliphatic carbocycles. The van der Waals surface area contributed by atoms with Gasteiger partial charge >= 0.3 is 0 Å². The second-order valence-electron chi connectivity index (χ2n) is 4.06. The molecule has 0 radical (unpaired) electrons. The fraction of sp³-hybridized carbons (Fsp3) is 0. The maximum Gasteiger partial charge on any atom is 0.257 e. The van der Waals surface area contributed by atoms with E-state index >= 15 is 0 Å². The molecule has 110 valence electrons. The van der Waals surface area contributed by atoms with Gasteiger partial charge in [0, 0.05) is 11.8 Å². The van der Waals surface area contributed by atoms with Gasteiger partial charge in [0.1, 0.15) is 5.82 Å². The van der Waals surface area contributed by atoms with E-state index in [2.05, 4.69) is 5.32 Å². The molecule has 3 nitrogen and oxygen atoms in total. The summed E-state index contributed by atoms with van der Waals surface area (Å²) < 4.78 is 26.6. The zero-order valence-corrected chi connectivity index (χ0v) is 12.5. The monoisotopic (exact) mass is 350 g/mol. The first-order chi connectivity index (χ1) is 9.79. The van der Waals surface area contributed by atoms with Crippen LogP contribution in [0.4, 0.5) is 20.2 Å². The molecule has 0 fully saturated rings. The topological polar surface area (TPSA) is 55.1 Å². The molecule has 0 atom stereocenters. The molecular formula is C13H7Cl3F2N2O. The van der Waals surface area contributed by atoms with Gasteiger partial charge in [-0.3, -0.25) is 4.79 Å². The van der Waals surface area contributed by atoms with Crippen molar-refractivity contribution in [3.8, 4) is 0 Å². The number of nitrogen functional groups attached to an aromatic ring is 1. The second kappa shape index (κ2) is 6.05. The number of benzene rings is 2. The molecule has 8 heteroatoms. The van der Waals surface area contributed by atoms with Crippen molar-refractivity contribution in [1.82, 2.24) is 0 Å². The lowest BCUT2D eigenvalue weighted by molar-refractivity contribution is 0.102. The van der Waals surface area contributed by atoms with Gasteiger partial charge < -0.3 is 11.1 Å². The lowest BCUT2D eigenvalue weighted by Crippen LogP contribution is -2.14. The number of amides is 1. The summed E-state index contributed by atoms with van der Waals surface area (Å²) in [6, 6.07) is 4.11. The molecule has 0 bridgehead atoms. The quantitative estimate of drug-likeness (QED) is 0.767. The van der Waals surface area contributed by atoms with Crippen molar-refractivity contribution in [2.24, 2.45) is 0 Å². The van der Waals surface area contributed by atoms with Crippen LogP contribution in [-0.4, -0.2) is 5.91 Å². The van der Waals surface area contributed by atoms with Crippen LogP contribution in [0.2, 0.25) is 15.1 Å². The Bertz CT molecular complexity index is 715. The third-order valence-electron chi connectivity index (χ3n) is 2.54. The minimum Gasteiger partial charge on any atom is -0.399 e. The summed E-state index contributed by atoms with van der Waals surface area (Å²) in [5.41, 5.74) is 5.36. The molecule has 2 rings (SSSR count). The molecule has 2 aromatic carbocycles. The average molecular weight is 352 g/mol. The molecule has 0 unspecified atom stereocenters. The summed E-state index contributed by atoms with van der Waals surface area (Å²) in [6.07, 6.45) is 0. The third kappa shape index (κ3) is 3.37. The Morgan fingerprint density at radius 3 is 2.33 bits per heavy atom. The summed E-state index contributed by atoms with van der Waals surface area (Å²) in [7, 11) is 0. The summed E-state index contributed by atoms with van der Waals surface area (Å²) in [4.78, 5) is 12.1. The standard InChI is InChI=1S/C13H7Cl3F2N2O/c14-8-4-6(19)3-7(11(8)16)13(21)20-12-9(15)1-5(17)2-10(12)18/h1-4H,19H2,(H,20,21). The van der Waals surface area contributed by atoms with Crippen LogP contribution in [0.3, 0.4) is 0 Å². The summed E-state index contributed by atoms with van der Waals surface area (Å²) in [5, 5.41) is 1.96. The molecule has 0 spiro atoms. The highest BCUT2D eigenvalue weighted by Crippen LogP contribution is 2.31. The van der Waals surface area contributed by atoms with E-state index in [0.29, 0.717) is 6.07 Å². The summed E-state index contributed by atoms with van der Waals surface area (Å²) in [6.45, 7) is 0. The van der Waals surface area contributed by atoms with Gasteiger partial charge in [-0.15, -0.1) is 0 Å². The maximum absolute atomic E-state index is 13.6. The van der Waals surface area contributed by atoms with Crippen molar-refractivity contribution in [3.63, 3.8) is 0 Å². The molecule has 0 saturated carbocycles. The van der Waals surface area contributed by atoms with E-state index in [-0.39, 0.29) is 32.0 Å². The fourth-order valence-electron chi connectivity index (χ4n) is 1.62. The van der Waals surface area contributed by atoms with Crippen molar-refractivity contribution in [3.05, 3.63) is 56.5 Å². The normalized spacial score (nSPS) is 10.5. The Balaban J connectivity index is 2.40. The first-order valence-corrected chi connectivity index (χ1v) is 6.63. The number of hydrogen-bond donors (Lipinski definition) is 2. The largest absolute Gasteiger partial charge is 0.399 e. The zero-order valence-electron chi connectivity index (χ0n) is 10.2. The number of nitrogens with one attached hydrogen (secondary N) is 1. The van der Waals surface area contributed by atoms with Gasteiger partial charge in [0.25, 0.3) is 5.91 Å². The van der Waals surface area contributed by atoms with Crippen LogP contribution in [0.1, 0.15) is 10.4 Å². The van der Waals surface area contributed by atoms with Gasteiger partial charge in [-0.1, -0.05) is 34.8 Å². The van der Waals surface area contributed by atoms with E-state index in [4.69, 9.17) is 40.5 Å². The minimum absolute atomic E-state index is 0.0398. The smallest absolute Gasteiger partial charge is 0.257 e. The lowest BCUT2D eigenvalue weighted by Gasteiger charge is -2.11. The van der Waals surface area contributed by atoms with Crippen molar-refractivity contribution >= 4 is 52.1 Å². The molecular weight excluding hydrogens is 345 g/mol. The van der Waals surface area contributed by atoms with Gasteiger partial charge in [0.15, 0.2) is 5.82 Å². The van der Waals surface area contributed by atoms with E-state index in [0.717, 1.165) is 6.07 Å². The van der Waals surface area contributed by atoms with Gasteiger partial charge in [0.05, 0.1) is 26.3 Å². The molecule has 21 heavy (non-hydrogen) atoms. The number of anilines is 2. The number of rotatable bonds is 2. The highest BCUT2D eigenvalue weighted by atomic mass is 35.5. The fourth-order valence-corrected chi connectivity index (χ4v) is 2.28. The first-order valence-electron chi connectivity index (χ1n) is 5.50. The van der Waals surface area contributed by atoms with Crippen LogP contribution < -0.4 is 11.1 Å². The number of hydrogen-bond acceptors (Lipinski definition) is 2. The van der Waals surface area contributed by atoms with Crippen LogP contribution in [0.15, 0.2) is 24.3 Å². The molecule has 0 heterocycles. The maximum atomic E-state index is 13.6. The van der Waals surface area contributed by atoms with Gasteiger partial charge in [0.2, 0.25) is 0 Å². The zero-order chi connectivity index (χ0) is 15.7. The van der Waals surface area contributed by atoms with Crippen molar-refractivity contribution in [1.29, 1.82) is 0 Å². The predicted molar refractivity (Wildman–Crippen MR) is 80.2 cm³/mol. The molecule has 3 N–H and O–H groups in total. The number of carbonyl (C=O) groups is 1. The van der Waals surface area contributed by atoms with E-state index in [9.17, 15) is 13.6 Å². The van der Waals surface area contributed by atoms with Gasteiger partial charge in [-0.25, -0.2) is 8.78 Å². The van der Waals surface area contributed by atoms with E-state index in [1.165, 1.54) is 12.1 Å². The van der Waals surface area contributed by atoms with Crippen LogP contribution in [0.25, 0.3) is 0 Å². The Morgan fingerprint density at radius 1 is 1.05 bits per heavy atom. The van der Waals surface area contributed by atoms with Gasteiger partial charge in [-0.2, -0.15) is 0 Å². The highest BCUT2D eigenvalue weighted by Gasteiger charge is 2.18. The number of halogens is 5. The Labute approximate surface area is 133 Å². The molecule has 0 aliphatic rings. The summed E-state index contributed by atoms with van der Waals surface area (Å²) in [5.74, 6) is -2.65. The molecule has 2 aromatic rings. The lowest BCUT2D eigenvalue weighted by atomic mass is 10.1. The second-order valence-corrected chi connectivity index (χ2v) is 5.26. The van der Waals surface area contributed by atoms with Crippen LogP contribution in [-0.2, 0) is 0 Å². The van der Waals surface area contributed by atoms with Crippen LogP contribution in [0, 0.1) is 11.6 Å². The minimum atomic E-state index is -1.01. The van der Waals surface area contributed by atoms with Crippen molar-refractivity contribution in [2.45, 2.75) is 0 Å². The van der Waals surface area contributed by atoms with Crippen molar-refractivity contribution in [2.75, 3.05) is 11.1 Å². The molecule has 0 aromatic heterocycles. The molecule has 0 aliphatic heterocycles. The first kappa shape index (κ1) is 15.8. The highest BCUT2D eigenvalue weighted by molar-refractivity contribution is 6.44. The number of carbonyl (C=O) groups excluding carboxylic acids is 1. The van der Waals surface area contributed by atoms with E-state index in [1.807, 2.05) is 0 Å². The molecule has 0 saturated heterocycles. The Hall–Kier alpha value is -1.56. The van der Waals surface area contributed by atoms with Crippen molar-refractivity contribution < 1.29 is 13.6 Å². The van der Waals surface area contributed by atoms with Crippen LogP contribution in [0.5, 0.6) is 0 Å². The SMILES string of the molecule is Nc1cc(Cl)c(Cl)c(C(=O)Nc2c(F)cc(F)cc2Cl)c1. The third-order valence-corrected chi connectivity index (χ3v) is 3.64. The summed E-state index contributed by atoms with van der Waals surface area (Å²) >= 11 is 17.4. The van der Waals surface area contributed by atoms with E-state index in [1.54, 1.807) is 0 Å².